The van der Waals surface area contributed by atoms with Crippen LogP contribution in [0.25, 0.3) is 0 Å². The molecule has 0 aromatic heterocycles. The van der Waals surface area contributed by atoms with E-state index < -0.39 is 0 Å². The lowest BCUT2D eigenvalue weighted by Gasteiger charge is -2.25. The van der Waals surface area contributed by atoms with E-state index in [1.807, 2.05) is 0 Å². The van der Waals surface area contributed by atoms with Crippen LogP contribution in [0.1, 0.15) is 60.3 Å². The Kier molecular flexibility index (Phi) is 4.00. The Balaban J connectivity index is 2.32. The third kappa shape index (κ3) is 3.27. The first-order chi connectivity index (χ1) is 6.44. The van der Waals surface area contributed by atoms with Gasteiger partial charge in [0, 0.05) is 12.1 Å². The minimum Gasteiger partial charge on any atom is -0.311 e. The Morgan fingerprint density at radius 2 is 2.00 bits per heavy atom. The molecule has 1 N–H and O–H groups in total. The van der Waals surface area contributed by atoms with E-state index in [0.717, 1.165) is 12.0 Å². The van der Waals surface area contributed by atoms with Crippen molar-refractivity contribution in [3.63, 3.8) is 0 Å². The molecular weight excluding hydrogens is 170 g/mol. The zero-order valence-electron chi connectivity index (χ0n) is 10.6. The van der Waals surface area contributed by atoms with Crippen LogP contribution >= 0.6 is 0 Å². The highest BCUT2D eigenvalue weighted by atomic mass is 15.0. The van der Waals surface area contributed by atoms with Crippen LogP contribution in [0.2, 0.25) is 0 Å². The zero-order chi connectivity index (χ0) is 10.8. The Bertz CT molecular complexity index is 174. The molecule has 0 aromatic rings. The first-order valence-electron chi connectivity index (χ1n) is 6.20. The lowest BCUT2D eigenvalue weighted by molar-refractivity contribution is 0.321. The molecule has 1 aliphatic rings. The van der Waals surface area contributed by atoms with Crippen LogP contribution in [0.3, 0.4) is 0 Å². The molecule has 1 aliphatic carbocycles. The second-order valence-corrected chi connectivity index (χ2v) is 5.94. The van der Waals surface area contributed by atoms with Gasteiger partial charge in [-0.25, -0.2) is 0 Å². The van der Waals surface area contributed by atoms with Gasteiger partial charge in [0.2, 0.25) is 0 Å². The van der Waals surface area contributed by atoms with Gasteiger partial charge in [0.05, 0.1) is 0 Å². The third-order valence-electron chi connectivity index (χ3n) is 3.96. The number of rotatable bonds is 4. The van der Waals surface area contributed by atoms with Crippen molar-refractivity contribution in [2.75, 3.05) is 0 Å². The summed E-state index contributed by atoms with van der Waals surface area (Å²) in [6.07, 6.45) is 5.39. The Labute approximate surface area is 89.7 Å². The van der Waals surface area contributed by atoms with Crippen molar-refractivity contribution >= 4 is 0 Å². The minimum atomic E-state index is 0.576. The molecule has 1 heteroatoms. The van der Waals surface area contributed by atoms with Crippen molar-refractivity contribution in [3.05, 3.63) is 0 Å². The van der Waals surface area contributed by atoms with Crippen molar-refractivity contribution < 1.29 is 0 Å². The highest BCUT2D eigenvalue weighted by Gasteiger charge is 2.31. The van der Waals surface area contributed by atoms with Gasteiger partial charge in [-0.3, -0.25) is 0 Å². The van der Waals surface area contributed by atoms with Gasteiger partial charge in [-0.2, -0.15) is 0 Å². The van der Waals surface area contributed by atoms with Crippen molar-refractivity contribution in [1.29, 1.82) is 0 Å². The molecule has 1 rings (SSSR count). The second kappa shape index (κ2) is 4.65. The summed E-state index contributed by atoms with van der Waals surface area (Å²) in [5, 5.41) is 3.79. The first kappa shape index (κ1) is 12.0. The van der Waals surface area contributed by atoms with E-state index in [0.29, 0.717) is 11.5 Å². The van der Waals surface area contributed by atoms with Crippen LogP contribution in [0.5, 0.6) is 0 Å². The predicted molar refractivity (Wildman–Crippen MR) is 63.5 cm³/mol. The van der Waals surface area contributed by atoms with Gasteiger partial charge in [0.1, 0.15) is 0 Å². The molecule has 0 heterocycles. The molecule has 84 valence electrons. The molecular formula is C13H27N. The van der Waals surface area contributed by atoms with Crippen LogP contribution < -0.4 is 5.32 Å². The maximum atomic E-state index is 3.79. The molecule has 1 saturated carbocycles. The van der Waals surface area contributed by atoms with Gasteiger partial charge in [0.15, 0.2) is 0 Å². The molecule has 1 fully saturated rings. The summed E-state index contributed by atoms with van der Waals surface area (Å²) < 4.78 is 0. The molecule has 0 saturated heterocycles. The molecule has 0 radical (unpaired) electrons. The van der Waals surface area contributed by atoms with Gasteiger partial charge in [-0.1, -0.05) is 34.1 Å². The van der Waals surface area contributed by atoms with E-state index in [4.69, 9.17) is 0 Å². The maximum Gasteiger partial charge on any atom is 0.00749 e. The molecule has 0 bridgehead atoms. The fourth-order valence-corrected chi connectivity index (χ4v) is 2.47. The number of hydrogen-bond acceptors (Lipinski definition) is 1. The molecule has 1 nitrogen and oxygen atoms in total. The summed E-state index contributed by atoms with van der Waals surface area (Å²) in [6, 6.07) is 1.45. The van der Waals surface area contributed by atoms with Gasteiger partial charge in [-0.15, -0.1) is 0 Å². The van der Waals surface area contributed by atoms with Crippen LogP contribution in [0.4, 0.5) is 0 Å². The highest BCUT2D eigenvalue weighted by Crippen LogP contribution is 2.37. The van der Waals surface area contributed by atoms with Crippen molar-refractivity contribution in [2.24, 2.45) is 11.3 Å². The third-order valence-corrected chi connectivity index (χ3v) is 3.96. The van der Waals surface area contributed by atoms with Gasteiger partial charge in [-0.05, 0) is 37.5 Å². The molecule has 14 heavy (non-hydrogen) atoms. The van der Waals surface area contributed by atoms with Crippen molar-refractivity contribution in [2.45, 2.75) is 72.4 Å². The first-order valence-corrected chi connectivity index (χ1v) is 6.20. The second-order valence-electron chi connectivity index (χ2n) is 5.94. The quantitative estimate of drug-likeness (QED) is 0.726. The van der Waals surface area contributed by atoms with Gasteiger partial charge < -0.3 is 5.32 Å². The summed E-state index contributed by atoms with van der Waals surface area (Å²) >= 11 is 0. The fourth-order valence-electron chi connectivity index (χ4n) is 2.47. The fraction of sp³-hybridized carbons (Fsp3) is 1.00. The molecule has 3 atom stereocenters. The Morgan fingerprint density at radius 1 is 1.36 bits per heavy atom. The molecule has 0 aromatic carbocycles. The normalized spacial score (nSPS) is 30.2. The topological polar surface area (TPSA) is 12.0 Å². The Hall–Kier alpha value is -0.0400. The predicted octanol–water partition coefficient (Wildman–Crippen LogP) is 3.59. The summed E-state index contributed by atoms with van der Waals surface area (Å²) in [5.41, 5.74) is 0.576. The SMILES string of the molecule is CCC(C)C(C)NC1CCC(C)(C)C1. The zero-order valence-corrected chi connectivity index (χ0v) is 10.6. The molecule has 0 spiro atoms. The number of nitrogens with one attached hydrogen (secondary N) is 1. The van der Waals surface area contributed by atoms with Crippen molar-refractivity contribution in [1.82, 2.24) is 5.32 Å². The lowest BCUT2D eigenvalue weighted by atomic mass is 9.91. The molecule has 3 unspecified atom stereocenters. The van der Waals surface area contributed by atoms with Crippen LogP contribution in [0, 0.1) is 11.3 Å². The van der Waals surface area contributed by atoms with E-state index in [1.54, 1.807) is 0 Å². The van der Waals surface area contributed by atoms with E-state index in [9.17, 15) is 0 Å². The van der Waals surface area contributed by atoms with Gasteiger partial charge >= 0.3 is 0 Å². The van der Waals surface area contributed by atoms with Gasteiger partial charge in [0.25, 0.3) is 0 Å². The van der Waals surface area contributed by atoms with Crippen LogP contribution in [-0.4, -0.2) is 12.1 Å². The summed E-state index contributed by atoms with van der Waals surface area (Å²) in [6.45, 7) is 11.7. The molecule has 0 amide bonds. The summed E-state index contributed by atoms with van der Waals surface area (Å²) in [7, 11) is 0. The lowest BCUT2D eigenvalue weighted by Crippen LogP contribution is -2.39. The van der Waals surface area contributed by atoms with Crippen LogP contribution in [-0.2, 0) is 0 Å². The standard InChI is InChI=1S/C13H27N/c1-6-10(2)11(3)14-12-7-8-13(4,5)9-12/h10-12,14H,6-9H2,1-5H3. The highest BCUT2D eigenvalue weighted by molar-refractivity contribution is 4.88. The van der Waals surface area contributed by atoms with E-state index >= 15 is 0 Å². The van der Waals surface area contributed by atoms with E-state index in [-0.39, 0.29) is 0 Å². The average Bonchev–Trinajstić information content (AvgIpc) is 2.44. The summed E-state index contributed by atoms with van der Waals surface area (Å²) in [5.74, 6) is 0.804. The average molecular weight is 197 g/mol. The van der Waals surface area contributed by atoms with E-state index in [2.05, 4.69) is 39.9 Å². The molecule has 0 aliphatic heterocycles. The number of hydrogen-bond donors (Lipinski definition) is 1. The Morgan fingerprint density at radius 3 is 2.43 bits per heavy atom. The minimum absolute atomic E-state index is 0.576. The van der Waals surface area contributed by atoms with Crippen molar-refractivity contribution in [3.8, 4) is 0 Å². The van der Waals surface area contributed by atoms with Crippen LogP contribution in [0.15, 0.2) is 0 Å². The maximum absolute atomic E-state index is 3.79. The largest absolute Gasteiger partial charge is 0.311 e. The monoisotopic (exact) mass is 197 g/mol. The smallest absolute Gasteiger partial charge is 0.00749 e. The summed E-state index contributed by atoms with van der Waals surface area (Å²) in [4.78, 5) is 0. The van der Waals surface area contributed by atoms with E-state index in [1.165, 1.54) is 25.7 Å².